The van der Waals surface area contributed by atoms with Crippen molar-refractivity contribution < 1.29 is 0 Å². The van der Waals surface area contributed by atoms with Gasteiger partial charge in [0.1, 0.15) is 0 Å². The fraction of sp³-hybridized carbons (Fsp3) is 1.00. The molecule has 0 aromatic rings. The van der Waals surface area contributed by atoms with Crippen molar-refractivity contribution >= 4 is 11.8 Å². The summed E-state index contributed by atoms with van der Waals surface area (Å²) in [6.07, 6.45) is 8.03. The van der Waals surface area contributed by atoms with E-state index in [4.69, 9.17) is 0 Å². The summed E-state index contributed by atoms with van der Waals surface area (Å²) >= 11 is 2.01. The molecule has 1 aliphatic carbocycles. The molecule has 1 aliphatic rings. The van der Waals surface area contributed by atoms with Gasteiger partial charge < -0.3 is 5.32 Å². The van der Waals surface area contributed by atoms with Crippen LogP contribution in [0.4, 0.5) is 0 Å². The number of nitrogens with one attached hydrogen (secondary N) is 1. The first-order valence-corrected chi connectivity index (χ1v) is 8.72. The van der Waals surface area contributed by atoms with Crippen molar-refractivity contribution in [3.63, 3.8) is 0 Å². The molecule has 0 radical (unpaired) electrons. The average Bonchev–Trinajstić information content (AvgIpc) is 2.28. The van der Waals surface area contributed by atoms with E-state index in [0.29, 0.717) is 0 Å². The third-order valence-electron chi connectivity index (χ3n) is 4.05. The van der Waals surface area contributed by atoms with Gasteiger partial charge in [0.05, 0.1) is 0 Å². The van der Waals surface area contributed by atoms with Crippen LogP contribution in [0.2, 0.25) is 0 Å². The largest absolute Gasteiger partial charge is 0.316 e. The predicted octanol–water partition coefficient (Wildman–Crippen LogP) is 4.04. The minimum absolute atomic E-state index is 0.780. The van der Waals surface area contributed by atoms with Gasteiger partial charge in [-0.05, 0) is 68.0 Å². The van der Waals surface area contributed by atoms with Crippen molar-refractivity contribution in [1.82, 2.24) is 5.32 Å². The topological polar surface area (TPSA) is 12.0 Å². The van der Waals surface area contributed by atoms with E-state index in [0.717, 1.165) is 23.7 Å². The van der Waals surface area contributed by atoms with Crippen LogP contribution in [0.5, 0.6) is 0 Å². The predicted molar refractivity (Wildman–Crippen MR) is 80.7 cm³/mol. The van der Waals surface area contributed by atoms with Gasteiger partial charge >= 0.3 is 0 Å². The van der Waals surface area contributed by atoms with Gasteiger partial charge in [-0.3, -0.25) is 0 Å². The Bertz CT molecular complexity index is 193. The molecule has 0 amide bonds. The Labute approximate surface area is 113 Å². The highest BCUT2D eigenvalue weighted by atomic mass is 32.2. The molecule has 0 saturated heterocycles. The van der Waals surface area contributed by atoms with Gasteiger partial charge in [0, 0.05) is 0 Å². The Morgan fingerprint density at radius 2 is 2.00 bits per heavy atom. The lowest BCUT2D eigenvalue weighted by Crippen LogP contribution is -2.34. The molecule has 0 aliphatic heterocycles. The summed E-state index contributed by atoms with van der Waals surface area (Å²) < 4.78 is 0. The van der Waals surface area contributed by atoms with Gasteiger partial charge in [-0.25, -0.2) is 0 Å². The van der Waals surface area contributed by atoms with E-state index in [-0.39, 0.29) is 0 Å². The molecule has 1 nitrogen and oxygen atoms in total. The van der Waals surface area contributed by atoms with Crippen molar-refractivity contribution in [2.45, 2.75) is 46.5 Å². The monoisotopic (exact) mass is 257 g/mol. The van der Waals surface area contributed by atoms with Crippen molar-refractivity contribution in [2.75, 3.05) is 25.1 Å². The number of hydrogen-bond acceptors (Lipinski definition) is 2. The van der Waals surface area contributed by atoms with Gasteiger partial charge in [0.15, 0.2) is 0 Å². The van der Waals surface area contributed by atoms with E-state index in [9.17, 15) is 0 Å². The van der Waals surface area contributed by atoms with Gasteiger partial charge in [-0.1, -0.05) is 27.2 Å². The highest BCUT2D eigenvalue weighted by molar-refractivity contribution is 7.98. The van der Waals surface area contributed by atoms with E-state index in [2.05, 4.69) is 32.3 Å². The fourth-order valence-corrected chi connectivity index (χ4v) is 3.55. The van der Waals surface area contributed by atoms with Crippen molar-refractivity contribution in [3.8, 4) is 0 Å². The highest BCUT2D eigenvalue weighted by Gasteiger charge is 2.27. The van der Waals surface area contributed by atoms with Gasteiger partial charge in [-0.15, -0.1) is 0 Å². The zero-order chi connectivity index (χ0) is 12.7. The molecule has 0 heterocycles. The third-order valence-corrected chi connectivity index (χ3v) is 4.70. The van der Waals surface area contributed by atoms with Crippen LogP contribution in [-0.4, -0.2) is 25.1 Å². The van der Waals surface area contributed by atoms with Crippen LogP contribution in [0.25, 0.3) is 0 Å². The second-order valence-electron chi connectivity index (χ2n) is 6.27. The summed E-state index contributed by atoms with van der Waals surface area (Å²) in [4.78, 5) is 0. The summed E-state index contributed by atoms with van der Waals surface area (Å²) in [6.45, 7) is 9.46. The first kappa shape index (κ1) is 15.4. The first-order valence-electron chi connectivity index (χ1n) is 7.33. The molecule has 1 N–H and O–H groups in total. The normalized spacial score (nSPS) is 29.8. The van der Waals surface area contributed by atoms with Crippen LogP contribution < -0.4 is 5.32 Å². The number of rotatable bonds is 7. The molecule has 0 bridgehead atoms. The van der Waals surface area contributed by atoms with E-state index >= 15 is 0 Å². The molecule has 1 fully saturated rings. The van der Waals surface area contributed by atoms with Crippen molar-refractivity contribution in [3.05, 3.63) is 0 Å². The standard InChI is InChI=1S/C15H31NS/c1-12(2)10-16-11-15-6-5-13(3)9-14(15)7-8-17-4/h12-16H,5-11H2,1-4H3. The van der Waals surface area contributed by atoms with Gasteiger partial charge in [0.25, 0.3) is 0 Å². The minimum atomic E-state index is 0.780. The fourth-order valence-electron chi connectivity index (χ4n) is 3.01. The van der Waals surface area contributed by atoms with Crippen molar-refractivity contribution in [2.24, 2.45) is 23.7 Å². The molecule has 17 heavy (non-hydrogen) atoms. The van der Waals surface area contributed by atoms with Gasteiger partial charge in [0.2, 0.25) is 0 Å². The molecule has 3 atom stereocenters. The molecule has 2 heteroatoms. The second-order valence-corrected chi connectivity index (χ2v) is 7.26. The van der Waals surface area contributed by atoms with E-state index in [1.807, 2.05) is 11.8 Å². The van der Waals surface area contributed by atoms with Crippen LogP contribution in [0.3, 0.4) is 0 Å². The maximum absolute atomic E-state index is 3.67. The molecule has 0 aromatic carbocycles. The summed E-state index contributed by atoms with van der Waals surface area (Å²) in [5, 5.41) is 3.67. The van der Waals surface area contributed by atoms with Crippen LogP contribution in [-0.2, 0) is 0 Å². The molecular weight excluding hydrogens is 226 g/mol. The maximum atomic E-state index is 3.67. The second kappa shape index (κ2) is 8.42. The van der Waals surface area contributed by atoms with Crippen LogP contribution in [0.15, 0.2) is 0 Å². The first-order chi connectivity index (χ1) is 8.13. The lowest BCUT2D eigenvalue weighted by atomic mass is 9.73. The Morgan fingerprint density at radius 3 is 2.65 bits per heavy atom. The van der Waals surface area contributed by atoms with Gasteiger partial charge in [-0.2, -0.15) is 11.8 Å². The van der Waals surface area contributed by atoms with E-state index in [1.54, 1.807) is 0 Å². The molecule has 0 spiro atoms. The molecule has 102 valence electrons. The van der Waals surface area contributed by atoms with E-state index < -0.39 is 0 Å². The zero-order valence-corrected chi connectivity index (χ0v) is 13.0. The minimum Gasteiger partial charge on any atom is -0.316 e. The van der Waals surface area contributed by atoms with Crippen LogP contribution >= 0.6 is 11.8 Å². The Hall–Kier alpha value is 0.310. The Morgan fingerprint density at radius 1 is 1.24 bits per heavy atom. The number of thioether (sulfide) groups is 1. The Kier molecular flexibility index (Phi) is 7.61. The molecule has 3 unspecified atom stereocenters. The molecule has 1 saturated carbocycles. The lowest BCUT2D eigenvalue weighted by molar-refractivity contribution is 0.180. The molecular formula is C15H31NS. The Balaban J connectivity index is 2.32. The number of hydrogen-bond donors (Lipinski definition) is 1. The zero-order valence-electron chi connectivity index (χ0n) is 12.2. The van der Waals surface area contributed by atoms with E-state index in [1.165, 1.54) is 44.5 Å². The average molecular weight is 257 g/mol. The summed E-state index contributed by atoms with van der Waals surface area (Å²) in [7, 11) is 0. The lowest BCUT2D eigenvalue weighted by Gasteiger charge is -2.35. The van der Waals surface area contributed by atoms with Crippen LogP contribution in [0.1, 0.15) is 46.5 Å². The highest BCUT2D eigenvalue weighted by Crippen LogP contribution is 2.35. The smallest absolute Gasteiger partial charge is 0.00177 e. The molecule has 0 aromatic heterocycles. The van der Waals surface area contributed by atoms with Crippen molar-refractivity contribution in [1.29, 1.82) is 0 Å². The maximum Gasteiger partial charge on any atom is -0.00177 e. The van der Waals surface area contributed by atoms with Crippen LogP contribution in [0, 0.1) is 23.7 Å². The SMILES string of the molecule is CSCCC1CC(C)CCC1CNCC(C)C. The summed E-state index contributed by atoms with van der Waals surface area (Å²) in [5.74, 6) is 5.01. The third kappa shape index (κ3) is 6.15. The summed E-state index contributed by atoms with van der Waals surface area (Å²) in [6, 6.07) is 0. The summed E-state index contributed by atoms with van der Waals surface area (Å²) in [5.41, 5.74) is 0. The molecule has 1 rings (SSSR count). The quantitative estimate of drug-likeness (QED) is 0.739.